The molecule has 1 aromatic carbocycles. The van der Waals surface area contributed by atoms with Crippen molar-refractivity contribution in [2.75, 3.05) is 4.31 Å². The van der Waals surface area contributed by atoms with Crippen molar-refractivity contribution in [3.05, 3.63) is 40.8 Å². The molecule has 16 heavy (non-hydrogen) atoms. The number of amides is 1. The van der Waals surface area contributed by atoms with Crippen LogP contribution in [0.1, 0.15) is 0 Å². The van der Waals surface area contributed by atoms with Crippen LogP contribution in [0.15, 0.2) is 39.5 Å². The summed E-state index contributed by atoms with van der Waals surface area (Å²) in [5, 5.41) is 9.34. The Balaban J connectivity index is 2.67. The quantitative estimate of drug-likeness (QED) is 0.588. The minimum Gasteiger partial charge on any atom is -0.464 e. The van der Waals surface area contributed by atoms with Gasteiger partial charge in [0.05, 0.1) is 0 Å². The Hall–Kier alpha value is -1.95. The number of benzene rings is 1. The third-order valence-corrected chi connectivity index (χ3v) is 2.42. The molecule has 0 saturated heterocycles. The summed E-state index contributed by atoms with van der Waals surface area (Å²) >= 11 is 3.68. The zero-order chi connectivity index (χ0) is 11.7. The van der Waals surface area contributed by atoms with E-state index in [4.69, 9.17) is 9.52 Å². The van der Waals surface area contributed by atoms with Gasteiger partial charge in [0.1, 0.15) is 11.3 Å². The van der Waals surface area contributed by atoms with E-state index < -0.39 is 11.7 Å². The van der Waals surface area contributed by atoms with Crippen LogP contribution in [0.5, 0.6) is 0 Å². The second kappa shape index (κ2) is 3.90. The number of fused-ring (bicyclic) bond motifs is 1. The highest BCUT2D eigenvalue weighted by atomic mass is 32.1. The van der Waals surface area contributed by atoms with Crippen LogP contribution in [-0.4, -0.2) is 11.2 Å². The van der Waals surface area contributed by atoms with E-state index in [2.05, 4.69) is 12.8 Å². The lowest BCUT2D eigenvalue weighted by Gasteiger charge is -2.09. The van der Waals surface area contributed by atoms with E-state index in [-0.39, 0.29) is 5.69 Å². The molecule has 5 nitrogen and oxygen atoms in total. The highest BCUT2D eigenvalue weighted by Gasteiger charge is 2.15. The Bertz CT molecular complexity index is 607. The fourth-order valence-electron chi connectivity index (χ4n) is 1.30. The molecule has 0 fully saturated rings. The van der Waals surface area contributed by atoms with Crippen molar-refractivity contribution in [1.82, 2.24) is 0 Å². The van der Waals surface area contributed by atoms with Gasteiger partial charge in [-0.05, 0) is 12.1 Å². The van der Waals surface area contributed by atoms with Gasteiger partial charge < -0.3 is 9.52 Å². The molecule has 0 saturated carbocycles. The molecule has 82 valence electrons. The van der Waals surface area contributed by atoms with Crippen LogP contribution in [0.25, 0.3) is 11.0 Å². The lowest BCUT2D eigenvalue weighted by Crippen LogP contribution is -2.23. The second-order valence-corrected chi connectivity index (χ2v) is 3.45. The summed E-state index contributed by atoms with van der Waals surface area (Å²) in [6.07, 6.45) is -1.34. The molecule has 0 aliphatic heterocycles. The molecule has 0 spiro atoms. The molecule has 1 amide bonds. The van der Waals surface area contributed by atoms with Crippen LogP contribution < -0.4 is 9.93 Å². The first-order valence-electron chi connectivity index (χ1n) is 4.34. The fraction of sp³-hybridized carbons (Fsp3) is 0. The van der Waals surface area contributed by atoms with Gasteiger partial charge in [-0.1, -0.05) is 31.0 Å². The number of anilines is 1. The van der Waals surface area contributed by atoms with E-state index in [1.54, 1.807) is 24.3 Å². The highest BCUT2D eigenvalue weighted by molar-refractivity contribution is 7.82. The maximum Gasteiger partial charge on any atom is 0.422 e. The van der Waals surface area contributed by atoms with E-state index in [1.807, 2.05) is 0 Å². The summed E-state index contributed by atoms with van der Waals surface area (Å²) in [7, 11) is 0. The SMILES string of the molecule is O=C(O)N(S)c1cc2ccccc2oc1=O. The molecule has 0 bridgehead atoms. The third kappa shape index (κ3) is 1.74. The van der Waals surface area contributed by atoms with Crippen LogP contribution in [0, 0.1) is 0 Å². The van der Waals surface area contributed by atoms with Gasteiger partial charge in [-0.2, -0.15) is 0 Å². The van der Waals surface area contributed by atoms with E-state index in [0.29, 0.717) is 15.3 Å². The zero-order valence-corrected chi connectivity index (χ0v) is 8.85. The molecule has 2 rings (SSSR count). The number of hydrogen-bond acceptors (Lipinski definition) is 4. The molecule has 1 N–H and O–H groups in total. The lowest BCUT2D eigenvalue weighted by atomic mass is 10.2. The summed E-state index contributed by atoms with van der Waals surface area (Å²) in [6, 6.07) is 8.24. The zero-order valence-electron chi connectivity index (χ0n) is 7.95. The number of thiol groups is 1. The molecule has 0 unspecified atom stereocenters. The number of carboxylic acid groups (broad SMARTS) is 1. The molecule has 0 aliphatic rings. The van der Waals surface area contributed by atoms with Gasteiger partial charge in [-0.3, -0.25) is 0 Å². The van der Waals surface area contributed by atoms with Gasteiger partial charge in [0.2, 0.25) is 0 Å². The minimum absolute atomic E-state index is 0.130. The van der Waals surface area contributed by atoms with Crippen molar-refractivity contribution in [3.63, 3.8) is 0 Å². The van der Waals surface area contributed by atoms with Gasteiger partial charge in [0.15, 0.2) is 0 Å². The summed E-state index contributed by atoms with van der Waals surface area (Å²) in [5.74, 6) is 0. The van der Waals surface area contributed by atoms with Gasteiger partial charge in [-0.15, -0.1) is 0 Å². The largest absolute Gasteiger partial charge is 0.464 e. The van der Waals surface area contributed by atoms with Gasteiger partial charge in [-0.25, -0.2) is 13.9 Å². The normalized spacial score (nSPS) is 10.3. The van der Waals surface area contributed by atoms with Crippen molar-refractivity contribution in [1.29, 1.82) is 0 Å². The van der Waals surface area contributed by atoms with Crippen LogP contribution in [0.2, 0.25) is 0 Å². The monoisotopic (exact) mass is 237 g/mol. The minimum atomic E-state index is -1.34. The van der Waals surface area contributed by atoms with Gasteiger partial charge in [0.25, 0.3) is 0 Å². The van der Waals surface area contributed by atoms with Crippen molar-refractivity contribution >= 4 is 35.6 Å². The van der Waals surface area contributed by atoms with E-state index in [1.165, 1.54) is 6.07 Å². The standard InChI is InChI=1S/C10H7NO4S/c12-9-7(11(16)10(13)14)5-6-3-1-2-4-8(6)15-9/h1-5,16H,(H,13,14). The van der Waals surface area contributed by atoms with E-state index in [0.717, 1.165) is 0 Å². The van der Waals surface area contributed by atoms with Crippen LogP contribution in [0.3, 0.4) is 0 Å². The van der Waals surface area contributed by atoms with Crippen molar-refractivity contribution < 1.29 is 14.3 Å². The molecule has 1 aromatic heterocycles. The van der Waals surface area contributed by atoms with Gasteiger partial charge in [0, 0.05) is 5.39 Å². The number of hydrogen-bond donors (Lipinski definition) is 2. The highest BCUT2D eigenvalue weighted by Crippen LogP contribution is 2.19. The molecule has 0 atom stereocenters. The summed E-state index contributed by atoms with van der Waals surface area (Å²) in [5.41, 5.74) is -0.464. The average molecular weight is 237 g/mol. The predicted octanol–water partition coefficient (Wildman–Crippen LogP) is 2.12. The number of para-hydroxylation sites is 1. The lowest BCUT2D eigenvalue weighted by molar-refractivity contribution is 0.206. The summed E-state index contributed by atoms with van der Waals surface area (Å²) in [4.78, 5) is 22.1. The summed E-state index contributed by atoms with van der Waals surface area (Å²) in [6.45, 7) is 0. The second-order valence-electron chi connectivity index (χ2n) is 3.05. The first kappa shape index (κ1) is 10.6. The molecule has 1 heterocycles. The van der Waals surface area contributed by atoms with Gasteiger partial charge >= 0.3 is 11.7 Å². The first-order valence-corrected chi connectivity index (χ1v) is 4.74. The molecular weight excluding hydrogens is 230 g/mol. The molecular formula is C10H7NO4S. The molecule has 0 aliphatic carbocycles. The smallest absolute Gasteiger partial charge is 0.422 e. The number of carbonyl (C=O) groups is 1. The maximum absolute atomic E-state index is 11.5. The Morgan fingerprint density at radius 3 is 2.75 bits per heavy atom. The van der Waals surface area contributed by atoms with Crippen molar-refractivity contribution in [3.8, 4) is 0 Å². The van der Waals surface area contributed by atoms with Crippen LogP contribution >= 0.6 is 12.8 Å². The number of rotatable bonds is 1. The summed E-state index contributed by atoms with van der Waals surface area (Å²) < 4.78 is 5.48. The fourth-order valence-corrected chi connectivity index (χ4v) is 1.44. The predicted molar refractivity (Wildman–Crippen MR) is 62.0 cm³/mol. The molecule has 0 radical (unpaired) electrons. The van der Waals surface area contributed by atoms with Crippen molar-refractivity contribution in [2.45, 2.75) is 0 Å². The van der Waals surface area contributed by atoms with E-state index >= 15 is 0 Å². The number of nitrogens with zero attached hydrogens (tertiary/aromatic N) is 1. The molecule has 2 aromatic rings. The Kier molecular flexibility index (Phi) is 2.57. The third-order valence-electron chi connectivity index (χ3n) is 2.03. The van der Waals surface area contributed by atoms with Crippen LogP contribution in [0.4, 0.5) is 10.5 Å². The van der Waals surface area contributed by atoms with Crippen LogP contribution in [-0.2, 0) is 0 Å². The average Bonchev–Trinajstić information content (AvgIpc) is 2.27. The Labute approximate surface area is 95.5 Å². The van der Waals surface area contributed by atoms with Crippen molar-refractivity contribution in [2.24, 2.45) is 0 Å². The first-order chi connectivity index (χ1) is 7.59. The molecule has 6 heteroatoms. The maximum atomic E-state index is 11.5. The van der Waals surface area contributed by atoms with E-state index in [9.17, 15) is 9.59 Å². The Morgan fingerprint density at radius 2 is 2.06 bits per heavy atom. The topological polar surface area (TPSA) is 70.8 Å². The Morgan fingerprint density at radius 1 is 1.38 bits per heavy atom.